The topological polar surface area (TPSA) is 163 Å². The van der Waals surface area contributed by atoms with Crippen molar-refractivity contribution in [3.8, 4) is 11.1 Å². The molecule has 0 aliphatic heterocycles. The molecule has 256 valence electrons. The lowest BCUT2D eigenvalue weighted by Crippen LogP contribution is -2.36. The second-order valence-corrected chi connectivity index (χ2v) is 14.6. The van der Waals surface area contributed by atoms with Crippen molar-refractivity contribution < 1.29 is 44.7 Å². The zero-order valence-electron chi connectivity index (χ0n) is 25.8. The number of carbonyl (C=O) groups excluding carboxylic acids is 1. The van der Waals surface area contributed by atoms with Gasteiger partial charge in [0.1, 0.15) is 0 Å². The fourth-order valence-corrected chi connectivity index (χ4v) is 7.66. The number of hydrogen-bond donors (Lipinski definition) is 3. The highest BCUT2D eigenvalue weighted by Gasteiger charge is 2.40. The van der Waals surface area contributed by atoms with Crippen LogP contribution >= 0.6 is 0 Å². The Kier molecular flexibility index (Phi) is 13.0. The van der Waals surface area contributed by atoms with Crippen LogP contribution in [0.3, 0.4) is 0 Å². The average molecular weight is 699 g/mol. The van der Waals surface area contributed by atoms with Crippen LogP contribution in [0.25, 0.3) is 11.1 Å². The maximum Gasteiger partial charge on any atom is 0.417 e. The molecule has 0 unspecified atom stereocenters. The molecular formula is C31H37F3N4O7S2. The quantitative estimate of drug-likeness (QED) is 0.174. The Morgan fingerprint density at radius 2 is 1.70 bits per heavy atom. The van der Waals surface area contributed by atoms with Gasteiger partial charge in [0, 0.05) is 44.5 Å². The normalized spacial score (nSPS) is 13.0. The number of aromatic nitrogens is 1. The molecule has 0 radical (unpaired) electrons. The second-order valence-electron chi connectivity index (χ2n) is 10.8. The molecule has 0 saturated heterocycles. The highest BCUT2D eigenvalue weighted by molar-refractivity contribution is 7.89. The number of alkyl halides is 3. The van der Waals surface area contributed by atoms with Gasteiger partial charge in [0.15, 0.2) is 0 Å². The van der Waals surface area contributed by atoms with Crippen LogP contribution in [0.2, 0.25) is 0 Å². The number of rotatable bonds is 17. The Morgan fingerprint density at radius 3 is 2.38 bits per heavy atom. The van der Waals surface area contributed by atoms with Crippen molar-refractivity contribution >= 4 is 31.9 Å². The number of carboxylic acids is 1. The van der Waals surface area contributed by atoms with Gasteiger partial charge in [-0.15, -0.1) is 0 Å². The molecule has 1 amide bonds. The van der Waals surface area contributed by atoms with Gasteiger partial charge in [0.05, 0.1) is 22.6 Å². The summed E-state index contributed by atoms with van der Waals surface area (Å²) >= 11 is 0. The number of aliphatic carboxylic acids is 1. The molecule has 0 aliphatic carbocycles. The summed E-state index contributed by atoms with van der Waals surface area (Å²) in [5, 5.41) is 11.1. The first-order valence-electron chi connectivity index (χ1n) is 14.7. The van der Waals surface area contributed by atoms with Gasteiger partial charge >= 0.3 is 12.1 Å². The van der Waals surface area contributed by atoms with Crippen molar-refractivity contribution in [2.75, 3.05) is 25.4 Å². The summed E-state index contributed by atoms with van der Waals surface area (Å²) in [5.74, 6) is -2.14. The summed E-state index contributed by atoms with van der Waals surface area (Å²) in [6.45, 7) is 2.73. The zero-order valence-corrected chi connectivity index (χ0v) is 27.5. The predicted octanol–water partition coefficient (Wildman–Crippen LogP) is 4.51. The summed E-state index contributed by atoms with van der Waals surface area (Å²) in [7, 11) is -8.51. The average Bonchev–Trinajstić information content (AvgIpc) is 3.00. The maximum atomic E-state index is 13.9. The summed E-state index contributed by atoms with van der Waals surface area (Å²) in [6, 6.07) is 12.0. The van der Waals surface area contributed by atoms with Crippen LogP contribution < -0.4 is 10.0 Å². The number of sulfonamides is 2. The van der Waals surface area contributed by atoms with Crippen molar-refractivity contribution in [2.45, 2.75) is 56.6 Å². The van der Waals surface area contributed by atoms with Crippen molar-refractivity contribution in [1.82, 2.24) is 19.3 Å². The fraction of sp³-hybridized carbons (Fsp3) is 0.387. The number of halogens is 3. The first kappa shape index (κ1) is 37.6. The van der Waals surface area contributed by atoms with Gasteiger partial charge < -0.3 is 10.4 Å². The lowest BCUT2D eigenvalue weighted by atomic mass is 9.98. The molecular weight excluding hydrogens is 661 g/mol. The van der Waals surface area contributed by atoms with Gasteiger partial charge in [-0.3, -0.25) is 14.6 Å². The lowest BCUT2D eigenvalue weighted by Gasteiger charge is -2.30. The molecule has 11 nitrogen and oxygen atoms in total. The molecule has 1 atom stereocenters. The van der Waals surface area contributed by atoms with Crippen LogP contribution in [0.15, 0.2) is 71.9 Å². The van der Waals surface area contributed by atoms with Crippen LogP contribution in [-0.2, 0) is 35.8 Å². The molecule has 0 spiro atoms. The third kappa shape index (κ3) is 10.8. The van der Waals surface area contributed by atoms with E-state index in [9.17, 15) is 39.6 Å². The SMILES string of the molecule is Cc1cnccc1-c1cccc([C@H](C)N(CCCCC(=O)NCCS(=O)(=O)NCCC(=O)O)S(=O)(=O)c2ccccc2C(F)(F)F)c1. The van der Waals surface area contributed by atoms with E-state index in [0.29, 0.717) is 5.56 Å². The number of amides is 1. The number of aryl methyl sites for hydroxylation is 1. The van der Waals surface area contributed by atoms with Crippen molar-refractivity contribution in [1.29, 1.82) is 0 Å². The Morgan fingerprint density at radius 1 is 0.979 bits per heavy atom. The van der Waals surface area contributed by atoms with Crippen LogP contribution in [0.4, 0.5) is 13.2 Å². The van der Waals surface area contributed by atoms with E-state index < -0.39 is 66.8 Å². The molecule has 1 heterocycles. The maximum absolute atomic E-state index is 13.9. The van der Waals surface area contributed by atoms with Crippen LogP contribution in [0.1, 0.15) is 55.3 Å². The minimum atomic E-state index is -4.92. The number of carboxylic acid groups (broad SMARTS) is 1. The minimum Gasteiger partial charge on any atom is -0.481 e. The van der Waals surface area contributed by atoms with Crippen molar-refractivity contribution in [3.05, 3.63) is 83.7 Å². The molecule has 3 rings (SSSR count). The van der Waals surface area contributed by atoms with Gasteiger partial charge in [-0.05, 0) is 73.2 Å². The van der Waals surface area contributed by atoms with E-state index in [1.807, 2.05) is 19.1 Å². The largest absolute Gasteiger partial charge is 0.481 e. The molecule has 2 aromatic carbocycles. The molecule has 3 N–H and O–H groups in total. The highest BCUT2D eigenvalue weighted by Crippen LogP contribution is 2.38. The Labute approximate surface area is 272 Å². The van der Waals surface area contributed by atoms with E-state index in [2.05, 4.69) is 15.0 Å². The van der Waals surface area contributed by atoms with Crippen LogP contribution in [0.5, 0.6) is 0 Å². The van der Waals surface area contributed by atoms with Gasteiger partial charge in [-0.2, -0.15) is 17.5 Å². The monoisotopic (exact) mass is 698 g/mol. The summed E-state index contributed by atoms with van der Waals surface area (Å²) < 4.78 is 96.6. The number of carbonyl (C=O) groups is 2. The number of benzene rings is 2. The fourth-order valence-electron chi connectivity index (χ4n) is 4.86. The smallest absolute Gasteiger partial charge is 0.417 e. The molecule has 16 heteroatoms. The van der Waals surface area contributed by atoms with E-state index >= 15 is 0 Å². The van der Waals surface area contributed by atoms with Crippen LogP contribution in [0, 0.1) is 6.92 Å². The Bertz CT molecular complexity index is 1770. The van der Waals surface area contributed by atoms with Crippen molar-refractivity contribution in [3.63, 3.8) is 0 Å². The molecule has 0 aliphatic rings. The van der Waals surface area contributed by atoms with Gasteiger partial charge in [-0.25, -0.2) is 21.6 Å². The Hall–Kier alpha value is -3.86. The molecule has 47 heavy (non-hydrogen) atoms. The number of nitrogens with one attached hydrogen (secondary N) is 2. The number of nitrogens with zero attached hydrogens (tertiary/aromatic N) is 2. The van der Waals surface area contributed by atoms with Crippen molar-refractivity contribution in [2.24, 2.45) is 0 Å². The third-order valence-electron chi connectivity index (χ3n) is 7.30. The van der Waals surface area contributed by atoms with Gasteiger partial charge in [0.25, 0.3) is 0 Å². The van der Waals surface area contributed by atoms with Gasteiger partial charge in [0.2, 0.25) is 26.0 Å². The standard InChI is InChI=1S/C31H37F3N4O7S2/c1-22-21-35-15-13-26(22)25-9-7-8-24(20-25)23(2)38(47(44,45)28-11-4-3-10-27(28)31(32,33)34)18-6-5-12-29(39)36-17-19-46(42,43)37-16-14-30(40)41/h3-4,7-11,13,15,20-21,23,37H,5-6,12,14,16-19H2,1-2H3,(H,36,39)(H,40,41)/t23-/m0/s1. The van der Waals surface area contributed by atoms with E-state index in [-0.39, 0.29) is 38.9 Å². The number of hydrogen-bond acceptors (Lipinski definition) is 7. The molecule has 0 bridgehead atoms. The van der Waals surface area contributed by atoms with E-state index in [1.165, 1.54) is 6.07 Å². The van der Waals surface area contributed by atoms with E-state index in [4.69, 9.17) is 5.11 Å². The Balaban J connectivity index is 1.77. The second kappa shape index (κ2) is 16.3. The van der Waals surface area contributed by atoms with E-state index in [0.717, 1.165) is 39.2 Å². The van der Waals surface area contributed by atoms with Gasteiger partial charge in [-0.1, -0.05) is 30.3 Å². The van der Waals surface area contributed by atoms with Crippen LogP contribution in [-0.4, -0.2) is 68.5 Å². The number of unbranched alkanes of at least 4 members (excludes halogenated alkanes) is 1. The molecule has 3 aromatic rings. The first-order chi connectivity index (χ1) is 22.0. The molecule has 0 fully saturated rings. The predicted molar refractivity (Wildman–Crippen MR) is 169 cm³/mol. The highest BCUT2D eigenvalue weighted by atomic mass is 32.2. The third-order valence-corrected chi connectivity index (χ3v) is 10.7. The first-order valence-corrected chi connectivity index (χ1v) is 17.8. The lowest BCUT2D eigenvalue weighted by molar-refractivity contribution is -0.140. The van der Waals surface area contributed by atoms with E-state index in [1.54, 1.807) is 37.5 Å². The zero-order chi connectivity index (χ0) is 34.8. The molecule has 1 aromatic heterocycles. The molecule has 0 saturated carbocycles. The summed E-state index contributed by atoms with van der Waals surface area (Å²) in [5.41, 5.74) is 1.78. The summed E-state index contributed by atoms with van der Waals surface area (Å²) in [4.78, 5) is 26.1. The minimum absolute atomic E-state index is 0.0926. The number of pyridine rings is 1. The summed E-state index contributed by atoms with van der Waals surface area (Å²) in [6.07, 6.45) is -1.83.